The van der Waals surface area contributed by atoms with Crippen molar-refractivity contribution in [1.29, 1.82) is 0 Å². The number of halogens is 2. The van der Waals surface area contributed by atoms with Crippen LogP contribution in [0.5, 0.6) is 0 Å². The van der Waals surface area contributed by atoms with E-state index in [1.54, 1.807) is 35.8 Å². The highest BCUT2D eigenvalue weighted by Crippen LogP contribution is 2.34. The fourth-order valence-corrected chi connectivity index (χ4v) is 3.89. The Morgan fingerprint density at radius 2 is 1.74 bits per heavy atom. The van der Waals surface area contributed by atoms with Crippen molar-refractivity contribution in [1.82, 2.24) is 4.57 Å². The van der Waals surface area contributed by atoms with Crippen molar-refractivity contribution in [3.63, 3.8) is 0 Å². The van der Waals surface area contributed by atoms with Gasteiger partial charge in [0.25, 0.3) is 5.69 Å². The lowest BCUT2D eigenvalue weighted by Crippen LogP contribution is -2.26. The number of carbonyl (C=O) groups is 1. The van der Waals surface area contributed by atoms with Crippen LogP contribution in [0.3, 0.4) is 0 Å². The van der Waals surface area contributed by atoms with Crippen molar-refractivity contribution < 1.29 is 14.5 Å². The molecule has 9 heteroatoms. The number of hydrogen-bond donors (Lipinski definition) is 0. The highest BCUT2D eigenvalue weighted by molar-refractivity contribution is 6.32. The van der Waals surface area contributed by atoms with Crippen LogP contribution in [0.25, 0.3) is 22.4 Å². The van der Waals surface area contributed by atoms with Gasteiger partial charge in [-0.25, -0.2) is 4.79 Å². The van der Waals surface area contributed by atoms with Crippen molar-refractivity contribution in [2.75, 3.05) is 7.11 Å². The molecule has 3 rings (SSSR count). The molecule has 0 aliphatic carbocycles. The molecule has 0 fully saturated rings. The number of nitro benzene ring substituents is 1. The standard InChI is InChI=1S/C22H18Cl2N2O5/c1-4-25-12(2)18(13-5-8-15(23)9-6-13)21(27)19(22(28)31-3)20(25)14-7-10-16(24)17(11-14)26(29)30/h5-11H,4H2,1-3H3. The molecule has 7 nitrogen and oxygen atoms in total. The predicted octanol–water partition coefficient (Wildman–Crippen LogP) is 5.51. The predicted molar refractivity (Wildman–Crippen MR) is 120 cm³/mol. The lowest BCUT2D eigenvalue weighted by Gasteiger charge is -2.21. The Kier molecular flexibility index (Phi) is 6.48. The zero-order valence-electron chi connectivity index (χ0n) is 16.9. The number of esters is 1. The van der Waals surface area contributed by atoms with Crippen LogP contribution < -0.4 is 5.43 Å². The molecule has 1 aromatic heterocycles. The Balaban J connectivity index is 2.46. The third-order valence-electron chi connectivity index (χ3n) is 4.98. The van der Waals surface area contributed by atoms with E-state index >= 15 is 0 Å². The number of methoxy groups -OCH3 is 1. The minimum Gasteiger partial charge on any atom is -0.465 e. The van der Waals surface area contributed by atoms with E-state index in [2.05, 4.69) is 0 Å². The summed E-state index contributed by atoms with van der Waals surface area (Å²) in [6, 6.07) is 10.8. The van der Waals surface area contributed by atoms with Gasteiger partial charge in [-0.1, -0.05) is 41.4 Å². The van der Waals surface area contributed by atoms with Crippen LogP contribution in [-0.2, 0) is 11.3 Å². The number of benzene rings is 2. The summed E-state index contributed by atoms with van der Waals surface area (Å²) >= 11 is 11.9. The first-order valence-electron chi connectivity index (χ1n) is 9.27. The molecule has 0 unspecified atom stereocenters. The van der Waals surface area contributed by atoms with Gasteiger partial charge in [-0.3, -0.25) is 14.9 Å². The Bertz CT molecular complexity index is 1250. The van der Waals surface area contributed by atoms with Gasteiger partial charge in [0.2, 0.25) is 5.43 Å². The van der Waals surface area contributed by atoms with Gasteiger partial charge in [0, 0.05) is 34.5 Å². The van der Waals surface area contributed by atoms with Gasteiger partial charge in [-0.15, -0.1) is 0 Å². The maximum absolute atomic E-state index is 13.5. The van der Waals surface area contributed by atoms with Crippen molar-refractivity contribution in [2.45, 2.75) is 20.4 Å². The molecule has 0 spiro atoms. The third kappa shape index (κ3) is 4.06. The Labute approximate surface area is 187 Å². The van der Waals surface area contributed by atoms with Crippen LogP contribution in [0.4, 0.5) is 5.69 Å². The van der Waals surface area contributed by atoms with Gasteiger partial charge in [-0.05, 0) is 37.6 Å². The SMILES string of the molecule is CCn1c(C)c(-c2ccc(Cl)cc2)c(=O)c(C(=O)OC)c1-c1ccc(Cl)c([N+](=O)[O-])c1. The third-order valence-corrected chi connectivity index (χ3v) is 5.55. The number of pyridine rings is 1. The summed E-state index contributed by atoms with van der Waals surface area (Å²) in [4.78, 5) is 37.0. The molecule has 0 bridgehead atoms. The largest absolute Gasteiger partial charge is 0.465 e. The summed E-state index contributed by atoms with van der Waals surface area (Å²) in [6.07, 6.45) is 0. The molecule has 0 aliphatic rings. The van der Waals surface area contributed by atoms with E-state index in [0.717, 1.165) is 0 Å². The van der Waals surface area contributed by atoms with Crippen molar-refractivity contribution in [3.05, 3.63) is 84.1 Å². The number of aromatic nitrogens is 1. The Hall–Kier alpha value is -3.16. The number of nitro groups is 1. The van der Waals surface area contributed by atoms with Crippen molar-refractivity contribution >= 4 is 34.9 Å². The van der Waals surface area contributed by atoms with Crippen molar-refractivity contribution in [2.24, 2.45) is 0 Å². The number of carbonyl (C=O) groups excluding carboxylic acids is 1. The molecule has 0 radical (unpaired) electrons. The fraction of sp³-hybridized carbons (Fsp3) is 0.182. The van der Waals surface area contributed by atoms with Crippen LogP contribution in [-0.4, -0.2) is 22.6 Å². The van der Waals surface area contributed by atoms with E-state index < -0.39 is 16.3 Å². The van der Waals surface area contributed by atoms with Crippen molar-refractivity contribution in [3.8, 4) is 22.4 Å². The molecule has 160 valence electrons. The molecule has 0 aliphatic heterocycles. The second-order valence-electron chi connectivity index (χ2n) is 6.68. The van der Waals surface area contributed by atoms with Crippen LogP contribution in [0.1, 0.15) is 23.0 Å². The Morgan fingerprint density at radius 1 is 1.13 bits per heavy atom. The average Bonchev–Trinajstić information content (AvgIpc) is 2.74. The average molecular weight is 461 g/mol. The maximum Gasteiger partial charge on any atom is 0.344 e. The van der Waals surface area contributed by atoms with E-state index in [-0.39, 0.29) is 22.0 Å². The van der Waals surface area contributed by atoms with Gasteiger partial charge in [-0.2, -0.15) is 0 Å². The van der Waals surface area contributed by atoms with E-state index in [0.29, 0.717) is 34.0 Å². The van der Waals surface area contributed by atoms with Crippen LogP contribution >= 0.6 is 23.2 Å². The lowest BCUT2D eigenvalue weighted by atomic mass is 9.96. The molecular formula is C22H18Cl2N2O5. The van der Waals surface area contributed by atoms with Gasteiger partial charge < -0.3 is 9.30 Å². The van der Waals surface area contributed by atoms with E-state index in [1.807, 2.05) is 6.92 Å². The molecule has 0 saturated carbocycles. The molecule has 0 atom stereocenters. The van der Waals surface area contributed by atoms with Crippen LogP contribution in [0.15, 0.2) is 47.3 Å². The van der Waals surface area contributed by atoms with Gasteiger partial charge in [0.15, 0.2) is 0 Å². The molecule has 0 N–H and O–H groups in total. The summed E-state index contributed by atoms with van der Waals surface area (Å²) in [7, 11) is 1.17. The highest BCUT2D eigenvalue weighted by Gasteiger charge is 2.27. The molecule has 0 amide bonds. The zero-order chi connectivity index (χ0) is 22.9. The lowest BCUT2D eigenvalue weighted by molar-refractivity contribution is -0.384. The molecule has 2 aromatic carbocycles. The maximum atomic E-state index is 13.5. The van der Waals surface area contributed by atoms with E-state index in [1.165, 1.54) is 25.3 Å². The minimum absolute atomic E-state index is 0.0479. The molecule has 1 heterocycles. The van der Waals surface area contributed by atoms with Crippen LogP contribution in [0, 0.1) is 17.0 Å². The van der Waals surface area contributed by atoms with E-state index in [9.17, 15) is 19.7 Å². The first kappa shape index (κ1) is 22.5. The summed E-state index contributed by atoms with van der Waals surface area (Å²) in [5.74, 6) is -0.838. The first-order chi connectivity index (χ1) is 14.7. The summed E-state index contributed by atoms with van der Waals surface area (Å²) in [5, 5.41) is 11.8. The molecular weight excluding hydrogens is 443 g/mol. The quantitative estimate of drug-likeness (QED) is 0.284. The van der Waals surface area contributed by atoms with Crippen LogP contribution in [0.2, 0.25) is 10.0 Å². The number of rotatable bonds is 5. The summed E-state index contributed by atoms with van der Waals surface area (Å²) < 4.78 is 6.65. The first-order valence-corrected chi connectivity index (χ1v) is 10.0. The number of ether oxygens (including phenoxy) is 1. The fourth-order valence-electron chi connectivity index (χ4n) is 3.58. The van der Waals surface area contributed by atoms with Gasteiger partial charge in [0.1, 0.15) is 10.6 Å². The number of nitrogens with zero attached hydrogens (tertiary/aromatic N) is 2. The topological polar surface area (TPSA) is 91.4 Å². The summed E-state index contributed by atoms with van der Waals surface area (Å²) in [5.41, 5.74) is 0.967. The second kappa shape index (κ2) is 8.91. The monoisotopic (exact) mass is 460 g/mol. The molecule has 31 heavy (non-hydrogen) atoms. The molecule has 0 saturated heterocycles. The number of hydrogen-bond acceptors (Lipinski definition) is 5. The zero-order valence-corrected chi connectivity index (χ0v) is 18.5. The van der Waals surface area contributed by atoms with Gasteiger partial charge in [0.05, 0.1) is 17.7 Å². The minimum atomic E-state index is -0.838. The Morgan fingerprint density at radius 3 is 2.29 bits per heavy atom. The normalized spacial score (nSPS) is 10.7. The van der Waals surface area contributed by atoms with E-state index in [4.69, 9.17) is 27.9 Å². The second-order valence-corrected chi connectivity index (χ2v) is 7.52. The smallest absolute Gasteiger partial charge is 0.344 e. The highest BCUT2D eigenvalue weighted by atomic mass is 35.5. The summed E-state index contributed by atoms with van der Waals surface area (Å²) in [6.45, 7) is 3.99. The van der Waals surface area contributed by atoms with Gasteiger partial charge >= 0.3 is 5.97 Å². The molecule has 3 aromatic rings.